The van der Waals surface area contributed by atoms with Crippen molar-refractivity contribution in [2.45, 2.75) is 20.3 Å². The molecule has 88 valence electrons. The molecule has 1 amide bonds. The summed E-state index contributed by atoms with van der Waals surface area (Å²) in [6, 6.07) is 3.68. The molecule has 0 bridgehead atoms. The Morgan fingerprint density at radius 1 is 1.50 bits per heavy atom. The van der Waals surface area contributed by atoms with E-state index in [4.69, 9.17) is 5.11 Å². The molecule has 2 N–H and O–H groups in total. The fraction of sp³-hybridized carbons (Fsp3) is 0.455. The first-order chi connectivity index (χ1) is 7.54. The molecule has 1 aromatic rings. The zero-order valence-corrected chi connectivity index (χ0v) is 10.1. The average Bonchev–Trinajstić information content (AvgIpc) is 2.73. The summed E-state index contributed by atoms with van der Waals surface area (Å²) in [5.41, 5.74) is 0. The molecule has 5 heteroatoms. The molecule has 0 fully saturated rings. The first-order valence-electron chi connectivity index (χ1n) is 5.14. The maximum atomic E-state index is 11.6. The normalized spacial score (nSPS) is 12.1. The third kappa shape index (κ3) is 3.34. The maximum Gasteiger partial charge on any atom is 0.308 e. The van der Waals surface area contributed by atoms with Crippen molar-refractivity contribution in [1.82, 2.24) is 5.32 Å². The molecule has 0 saturated heterocycles. The van der Waals surface area contributed by atoms with Crippen molar-refractivity contribution in [2.24, 2.45) is 5.92 Å². The standard InChI is InChI=1S/C11H15NO3S/c1-3-8-4-5-9(16-8)10(13)12-6-7(2)11(14)15/h4-5,7H,3,6H2,1-2H3,(H,12,13)(H,14,15). The van der Waals surface area contributed by atoms with Gasteiger partial charge in [0.1, 0.15) is 0 Å². The van der Waals surface area contributed by atoms with Crippen molar-refractivity contribution < 1.29 is 14.7 Å². The van der Waals surface area contributed by atoms with Crippen molar-refractivity contribution in [2.75, 3.05) is 6.54 Å². The molecule has 16 heavy (non-hydrogen) atoms. The van der Waals surface area contributed by atoms with Crippen LogP contribution in [0.15, 0.2) is 12.1 Å². The Morgan fingerprint density at radius 3 is 2.69 bits per heavy atom. The van der Waals surface area contributed by atoms with Crippen molar-refractivity contribution in [3.05, 3.63) is 21.9 Å². The number of hydrogen-bond acceptors (Lipinski definition) is 3. The van der Waals surface area contributed by atoms with Gasteiger partial charge in [-0.2, -0.15) is 0 Å². The second-order valence-corrected chi connectivity index (χ2v) is 4.74. The van der Waals surface area contributed by atoms with Crippen LogP contribution in [0, 0.1) is 5.92 Å². The summed E-state index contributed by atoms with van der Waals surface area (Å²) in [4.78, 5) is 23.9. The highest BCUT2D eigenvalue weighted by atomic mass is 32.1. The monoisotopic (exact) mass is 241 g/mol. The topological polar surface area (TPSA) is 66.4 Å². The van der Waals surface area contributed by atoms with Crippen molar-refractivity contribution in [3.8, 4) is 0 Å². The number of thiophene rings is 1. The molecule has 1 atom stereocenters. The van der Waals surface area contributed by atoms with Gasteiger partial charge in [0.25, 0.3) is 5.91 Å². The van der Waals surface area contributed by atoms with Crippen LogP contribution in [0.1, 0.15) is 28.4 Å². The van der Waals surface area contributed by atoms with Crippen LogP contribution in [0.3, 0.4) is 0 Å². The largest absolute Gasteiger partial charge is 0.481 e. The van der Waals surface area contributed by atoms with Gasteiger partial charge in [-0.3, -0.25) is 9.59 Å². The molecular formula is C11H15NO3S. The molecule has 0 aromatic carbocycles. The summed E-state index contributed by atoms with van der Waals surface area (Å²) in [6.45, 7) is 3.75. The number of aryl methyl sites for hydroxylation is 1. The van der Waals surface area contributed by atoms with E-state index in [0.717, 1.165) is 11.3 Å². The van der Waals surface area contributed by atoms with Gasteiger partial charge >= 0.3 is 5.97 Å². The van der Waals surface area contributed by atoms with Gasteiger partial charge in [0.2, 0.25) is 0 Å². The van der Waals surface area contributed by atoms with Crippen LogP contribution in [-0.2, 0) is 11.2 Å². The SMILES string of the molecule is CCc1ccc(C(=O)NCC(C)C(=O)O)s1. The van der Waals surface area contributed by atoms with Gasteiger partial charge in [-0.1, -0.05) is 13.8 Å². The molecule has 1 aromatic heterocycles. The molecule has 0 radical (unpaired) electrons. The highest BCUT2D eigenvalue weighted by Crippen LogP contribution is 2.16. The molecule has 4 nitrogen and oxygen atoms in total. The zero-order chi connectivity index (χ0) is 12.1. The lowest BCUT2D eigenvalue weighted by Gasteiger charge is -2.06. The number of hydrogen-bond donors (Lipinski definition) is 2. The number of carbonyl (C=O) groups excluding carboxylic acids is 1. The number of aliphatic carboxylic acids is 1. The molecule has 1 unspecified atom stereocenters. The summed E-state index contributed by atoms with van der Waals surface area (Å²) in [6.07, 6.45) is 0.906. The minimum atomic E-state index is -0.902. The lowest BCUT2D eigenvalue weighted by atomic mass is 10.2. The molecule has 1 heterocycles. The summed E-state index contributed by atoms with van der Waals surface area (Å²) in [5, 5.41) is 11.3. The first kappa shape index (κ1) is 12.7. The third-order valence-electron chi connectivity index (χ3n) is 2.22. The van der Waals surface area contributed by atoms with Gasteiger partial charge < -0.3 is 10.4 Å². The van der Waals surface area contributed by atoms with Crippen LogP contribution >= 0.6 is 11.3 Å². The second-order valence-electron chi connectivity index (χ2n) is 3.57. The molecule has 0 aliphatic heterocycles. The fourth-order valence-corrected chi connectivity index (χ4v) is 1.97. The molecule has 0 aliphatic rings. The Kier molecular flexibility index (Phi) is 4.49. The lowest BCUT2D eigenvalue weighted by molar-refractivity contribution is -0.140. The van der Waals surface area contributed by atoms with Gasteiger partial charge in [-0.25, -0.2) is 0 Å². The fourth-order valence-electron chi connectivity index (χ4n) is 1.11. The Hall–Kier alpha value is -1.36. The predicted molar refractivity (Wildman–Crippen MR) is 62.8 cm³/mol. The quantitative estimate of drug-likeness (QED) is 0.825. The molecule has 0 spiro atoms. The van der Waals surface area contributed by atoms with Crippen molar-refractivity contribution in [1.29, 1.82) is 0 Å². The van der Waals surface area contributed by atoms with Gasteiger partial charge in [-0.05, 0) is 18.6 Å². The zero-order valence-electron chi connectivity index (χ0n) is 9.32. The minimum Gasteiger partial charge on any atom is -0.481 e. The number of amides is 1. The van der Waals surface area contributed by atoms with E-state index in [1.165, 1.54) is 11.3 Å². The summed E-state index contributed by atoms with van der Waals surface area (Å²) in [7, 11) is 0. The van der Waals surface area contributed by atoms with Crippen LogP contribution in [0.5, 0.6) is 0 Å². The van der Waals surface area contributed by atoms with Crippen LogP contribution in [-0.4, -0.2) is 23.5 Å². The van der Waals surface area contributed by atoms with E-state index >= 15 is 0 Å². The van der Waals surface area contributed by atoms with Gasteiger partial charge in [0.15, 0.2) is 0 Å². The van der Waals surface area contributed by atoms with E-state index in [1.54, 1.807) is 13.0 Å². The van der Waals surface area contributed by atoms with E-state index in [1.807, 2.05) is 13.0 Å². The van der Waals surface area contributed by atoms with E-state index < -0.39 is 11.9 Å². The highest BCUT2D eigenvalue weighted by molar-refractivity contribution is 7.14. The van der Waals surface area contributed by atoms with Crippen molar-refractivity contribution in [3.63, 3.8) is 0 Å². The number of carbonyl (C=O) groups is 2. The van der Waals surface area contributed by atoms with E-state index in [-0.39, 0.29) is 12.5 Å². The van der Waals surface area contributed by atoms with Gasteiger partial charge in [0, 0.05) is 11.4 Å². The second kappa shape index (κ2) is 5.65. The Bertz CT molecular complexity index is 386. The Labute approximate surface area is 98.3 Å². The first-order valence-corrected chi connectivity index (χ1v) is 5.96. The molecular weight excluding hydrogens is 226 g/mol. The Balaban J connectivity index is 2.49. The summed E-state index contributed by atoms with van der Waals surface area (Å²) >= 11 is 1.44. The molecule has 0 aliphatic carbocycles. The van der Waals surface area contributed by atoms with Gasteiger partial charge in [-0.15, -0.1) is 11.3 Å². The van der Waals surface area contributed by atoms with Crippen LogP contribution in [0.4, 0.5) is 0 Å². The number of nitrogens with one attached hydrogen (secondary N) is 1. The lowest BCUT2D eigenvalue weighted by Crippen LogP contribution is -2.30. The maximum absolute atomic E-state index is 11.6. The van der Waals surface area contributed by atoms with Crippen LogP contribution in [0.25, 0.3) is 0 Å². The highest BCUT2D eigenvalue weighted by Gasteiger charge is 2.14. The van der Waals surface area contributed by atoms with Crippen molar-refractivity contribution >= 4 is 23.2 Å². The van der Waals surface area contributed by atoms with Crippen LogP contribution in [0.2, 0.25) is 0 Å². The number of carboxylic acid groups (broad SMARTS) is 1. The smallest absolute Gasteiger partial charge is 0.308 e. The third-order valence-corrected chi connectivity index (χ3v) is 3.45. The van der Waals surface area contributed by atoms with Gasteiger partial charge in [0.05, 0.1) is 10.8 Å². The van der Waals surface area contributed by atoms with Crippen LogP contribution < -0.4 is 5.32 Å². The molecule has 1 rings (SSSR count). The molecule has 0 saturated carbocycles. The van der Waals surface area contributed by atoms with E-state index in [2.05, 4.69) is 5.32 Å². The number of rotatable bonds is 5. The summed E-state index contributed by atoms with van der Waals surface area (Å²) in [5.74, 6) is -1.66. The van der Waals surface area contributed by atoms with E-state index in [0.29, 0.717) is 4.88 Å². The average molecular weight is 241 g/mol. The predicted octanol–water partition coefficient (Wildman–Crippen LogP) is 1.76. The summed E-state index contributed by atoms with van der Waals surface area (Å²) < 4.78 is 0. The minimum absolute atomic E-state index is 0.160. The van der Waals surface area contributed by atoms with E-state index in [9.17, 15) is 9.59 Å². The number of carboxylic acids is 1. The Morgan fingerprint density at radius 2 is 2.19 bits per heavy atom.